The predicted octanol–water partition coefficient (Wildman–Crippen LogP) is 3.67. The largest absolute Gasteiger partial charge is 0.304 e. The smallest absolute Gasteiger partial charge is 0.114 e. The number of pyridine rings is 1. The third kappa shape index (κ3) is 3.19. The summed E-state index contributed by atoms with van der Waals surface area (Å²) >= 11 is 1.73. The number of thiazole rings is 1. The lowest BCUT2D eigenvalue weighted by Crippen LogP contribution is -2.23. The lowest BCUT2D eigenvalue weighted by Gasteiger charge is -2.17. The molecule has 0 fully saturated rings. The molecule has 19 heavy (non-hydrogen) atoms. The molecule has 1 N–H and O–H groups in total. The van der Waals surface area contributed by atoms with Crippen molar-refractivity contribution in [3.63, 3.8) is 0 Å². The maximum absolute atomic E-state index is 4.77. The van der Waals surface area contributed by atoms with Crippen LogP contribution in [0.15, 0.2) is 23.8 Å². The van der Waals surface area contributed by atoms with Crippen LogP contribution in [0.5, 0.6) is 0 Å². The number of hydrogen-bond donors (Lipinski definition) is 1. The Morgan fingerprint density at radius 2 is 2.16 bits per heavy atom. The minimum atomic E-state index is 0.149. The summed E-state index contributed by atoms with van der Waals surface area (Å²) in [5, 5.41) is 6.81. The van der Waals surface area contributed by atoms with E-state index < -0.39 is 0 Å². The van der Waals surface area contributed by atoms with Crippen molar-refractivity contribution in [3.8, 4) is 0 Å². The normalized spacial score (nSPS) is 12.9. The van der Waals surface area contributed by atoms with Crippen molar-refractivity contribution >= 4 is 11.3 Å². The second kappa shape index (κ2) is 6.26. The molecule has 4 heteroatoms. The van der Waals surface area contributed by atoms with Crippen LogP contribution in [-0.4, -0.2) is 16.5 Å². The van der Waals surface area contributed by atoms with Crippen LogP contribution in [0, 0.1) is 6.92 Å². The molecule has 0 saturated carbocycles. The Morgan fingerprint density at radius 1 is 1.37 bits per heavy atom. The zero-order chi connectivity index (χ0) is 13.8. The zero-order valence-electron chi connectivity index (χ0n) is 12.0. The topological polar surface area (TPSA) is 37.8 Å². The highest BCUT2D eigenvalue weighted by Gasteiger charge is 2.19. The minimum absolute atomic E-state index is 0.149. The van der Waals surface area contributed by atoms with Gasteiger partial charge in [-0.2, -0.15) is 0 Å². The Labute approximate surface area is 119 Å². The summed E-state index contributed by atoms with van der Waals surface area (Å²) in [6.07, 6.45) is 3.78. The lowest BCUT2D eigenvalue weighted by molar-refractivity contribution is 0.618. The van der Waals surface area contributed by atoms with Crippen LogP contribution in [0.4, 0.5) is 0 Å². The molecule has 0 radical (unpaired) electrons. The van der Waals surface area contributed by atoms with Gasteiger partial charge in [0.15, 0.2) is 0 Å². The summed E-state index contributed by atoms with van der Waals surface area (Å²) in [6, 6.07) is 2.20. The molecule has 1 unspecified atom stereocenters. The van der Waals surface area contributed by atoms with E-state index in [9.17, 15) is 0 Å². The molecule has 0 aromatic carbocycles. The molecule has 0 aliphatic carbocycles. The van der Waals surface area contributed by atoms with E-state index in [1.54, 1.807) is 11.3 Å². The number of hydrogen-bond acceptors (Lipinski definition) is 4. The fraction of sp³-hybridized carbons (Fsp3) is 0.467. The SMILES string of the molecule is CCNC(c1nc(C(C)C)cs1)c1cnccc1C. The first-order chi connectivity index (χ1) is 9.13. The average Bonchev–Trinajstić information content (AvgIpc) is 2.86. The van der Waals surface area contributed by atoms with Crippen LogP contribution >= 0.6 is 11.3 Å². The molecule has 0 bridgehead atoms. The Balaban J connectivity index is 2.37. The fourth-order valence-electron chi connectivity index (χ4n) is 2.01. The molecular weight excluding hydrogens is 254 g/mol. The van der Waals surface area contributed by atoms with E-state index >= 15 is 0 Å². The van der Waals surface area contributed by atoms with Crippen molar-refractivity contribution < 1.29 is 0 Å². The van der Waals surface area contributed by atoms with Crippen molar-refractivity contribution in [1.29, 1.82) is 0 Å². The first-order valence-corrected chi connectivity index (χ1v) is 7.60. The van der Waals surface area contributed by atoms with Crippen LogP contribution in [-0.2, 0) is 0 Å². The van der Waals surface area contributed by atoms with Crippen molar-refractivity contribution in [2.24, 2.45) is 0 Å². The maximum atomic E-state index is 4.77. The molecule has 2 rings (SSSR count). The van der Waals surface area contributed by atoms with Gasteiger partial charge in [0.1, 0.15) is 5.01 Å². The number of aromatic nitrogens is 2. The van der Waals surface area contributed by atoms with E-state index in [4.69, 9.17) is 4.98 Å². The number of rotatable bonds is 5. The minimum Gasteiger partial charge on any atom is -0.304 e. The second-order valence-electron chi connectivity index (χ2n) is 4.99. The van der Waals surface area contributed by atoms with Gasteiger partial charge in [0.25, 0.3) is 0 Å². The van der Waals surface area contributed by atoms with Gasteiger partial charge in [0.05, 0.1) is 11.7 Å². The van der Waals surface area contributed by atoms with Crippen LogP contribution in [0.2, 0.25) is 0 Å². The average molecular weight is 275 g/mol. The first kappa shape index (κ1) is 14.2. The molecule has 2 heterocycles. The predicted molar refractivity (Wildman–Crippen MR) is 80.7 cm³/mol. The Kier molecular flexibility index (Phi) is 4.66. The van der Waals surface area contributed by atoms with Gasteiger partial charge in [-0.25, -0.2) is 4.98 Å². The zero-order valence-corrected chi connectivity index (χ0v) is 12.8. The number of nitrogens with one attached hydrogen (secondary N) is 1. The fourth-order valence-corrected chi connectivity index (χ4v) is 3.08. The van der Waals surface area contributed by atoms with E-state index in [0.29, 0.717) is 5.92 Å². The molecule has 0 saturated heterocycles. The first-order valence-electron chi connectivity index (χ1n) is 6.72. The quantitative estimate of drug-likeness (QED) is 0.904. The van der Waals surface area contributed by atoms with Gasteiger partial charge < -0.3 is 5.32 Å². The number of nitrogens with zero attached hydrogens (tertiary/aromatic N) is 2. The van der Waals surface area contributed by atoms with E-state index in [0.717, 1.165) is 11.6 Å². The van der Waals surface area contributed by atoms with E-state index in [1.165, 1.54) is 16.8 Å². The van der Waals surface area contributed by atoms with Gasteiger partial charge in [-0.05, 0) is 36.6 Å². The molecule has 0 aliphatic rings. The molecule has 102 valence electrons. The van der Waals surface area contributed by atoms with Crippen molar-refractivity contribution in [3.05, 3.63) is 45.7 Å². The molecule has 1 atom stereocenters. The van der Waals surface area contributed by atoms with Gasteiger partial charge in [-0.3, -0.25) is 4.98 Å². The molecule has 0 spiro atoms. The molecule has 0 aliphatic heterocycles. The van der Waals surface area contributed by atoms with Crippen molar-refractivity contribution in [1.82, 2.24) is 15.3 Å². The summed E-state index contributed by atoms with van der Waals surface area (Å²) in [5.41, 5.74) is 3.64. The van der Waals surface area contributed by atoms with E-state index in [2.05, 4.69) is 49.4 Å². The molecule has 2 aromatic heterocycles. The summed E-state index contributed by atoms with van der Waals surface area (Å²) in [4.78, 5) is 9.03. The number of aryl methyl sites for hydroxylation is 1. The van der Waals surface area contributed by atoms with Crippen LogP contribution in [0.1, 0.15) is 54.6 Å². The van der Waals surface area contributed by atoms with Gasteiger partial charge in [-0.1, -0.05) is 20.8 Å². The second-order valence-corrected chi connectivity index (χ2v) is 5.88. The molecular formula is C15H21N3S. The van der Waals surface area contributed by atoms with Crippen LogP contribution < -0.4 is 5.32 Å². The van der Waals surface area contributed by atoms with Gasteiger partial charge in [0, 0.05) is 17.8 Å². The summed E-state index contributed by atoms with van der Waals surface area (Å²) in [7, 11) is 0. The lowest BCUT2D eigenvalue weighted by atomic mass is 10.0. The summed E-state index contributed by atoms with van der Waals surface area (Å²) in [6.45, 7) is 9.51. The Hall–Kier alpha value is -1.26. The standard InChI is InChI=1S/C15H21N3S/c1-5-17-14(12-8-16-7-6-11(12)4)15-18-13(9-19-15)10(2)3/h6-10,14,17H,5H2,1-4H3. The maximum Gasteiger partial charge on any atom is 0.114 e. The van der Waals surface area contributed by atoms with Gasteiger partial charge in [0.2, 0.25) is 0 Å². The molecule has 2 aromatic rings. The highest BCUT2D eigenvalue weighted by molar-refractivity contribution is 7.09. The molecule has 3 nitrogen and oxygen atoms in total. The Bertz CT molecular complexity index is 534. The van der Waals surface area contributed by atoms with E-state index in [-0.39, 0.29) is 6.04 Å². The third-order valence-electron chi connectivity index (χ3n) is 3.18. The van der Waals surface area contributed by atoms with Gasteiger partial charge >= 0.3 is 0 Å². The van der Waals surface area contributed by atoms with Crippen molar-refractivity contribution in [2.45, 2.75) is 39.7 Å². The van der Waals surface area contributed by atoms with Crippen LogP contribution in [0.25, 0.3) is 0 Å². The Morgan fingerprint density at radius 3 is 2.74 bits per heavy atom. The van der Waals surface area contributed by atoms with Crippen LogP contribution in [0.3, 0.4) is 0 Å². The summed E-state index contributed by atoms with van der Waals surface area (Å²) in [5.74, 6) is 0.474. The van der Waals surface area contributed by atoms with E-state index in [1.807, 2.05) is 12.4 Å². The highest BCUT2D eigenvalue weighted by Crippen LogP contribution is 2.28. The molecule has 0 amide bonds. The summed E-state index contributed by atoms with van der Waals surface area (Å²) < 4.78 is 0. The monoisotopic (exact) mass is 275 g/mol. The van der Waals surface area contributed by atoms with Gasteiger partial charge in [-0.15, -0.1) is 11.3 Å². The third-order valence-corrected chi connectivity index (χ3v) is 4.10. The highest BCUT2D eigenvalue weighted by atomic mass is 32.1. The van der Waals surface area contributed by atoms with Crippen molar-refractivity contribution in [2.75, 3.05) is 6.54 Å².